The number of sulfonamides is 1. The van der Waals surface area contributed by atoms with E-state index in [1.807, 2.05) is 13.0 Å². The number of hydrogen-bond acceptors (Lipinski definition) is 4. The van der Waals surface area contributed by atoms with Crippen LogP contribution < -0.4 is 0 Å². The molecule has 0 aliphatic heterocycles. The number of pyridine rings is 1. The molecule has 2 rings (SSSR count). The molecule has 1 aromatic heterocycles. The highest BCUT2D eigenvalue weighted by atomic mass is 32.2. The first kappa shape index (κ1) is 15.9. The molecule has 0 aliphatic rings. The van der Waals surface area contributed by atoms with Crippen molar-refractivity contribution in [2.24, 2.45) is 0 Å². The van der Waals surface area contributed by atoms with E-state index in [2.05, 4.69) is 4.98 Å². The second-order valence-electron chi connectivity index (χ2n) is 4.83. The van der Waals surface area contributed by atoms with Crippen LogP contribution in [0.2, 0.25) is 0 Å². The van der Waals surface area contributed by atoms with Crippen LogP contribution in [0.3, 0.4) is 0 Å². The molecule has 0 spiro atoms. The number of rotatable bonds is 7. The number of fused-ring (bicyclic) bond motifs is 1. The van der Waals surface area contributed by atoms with Crippen LogP contribution in [-0.4, -0.2) is 42.5 Å². The summed E-state index contributed by atoms with van der Waals surface area (Å²) in [6.07, 6.45) is 4.91. The van der Waals surface area contributed by atoms with Crippen molar-refractivity contribution in [1.29, 1.82) is 0 Å². The van der Waals surface area contributed by atoms with Gasteiger partial charge in [0.25, 0.3) is 0 Å². The second kappa shape index (κ2) is 6.98. The molecule has 0 unspecified atom stereocenters. The Kier molecular flexibility index (Phi) is 5.27. The zero-order valence-electron chi connectivity index (χ0n) is 12.1. The molecule has 0 saturated heterocycles. The normalized spacial score (nSPS) is 12.1. The molecule has 0 saturated carbocycles. The first-order valence-corrected chi connectivity index (χ1v) is 8.49. The van der Waals surface area contributed by atoms with E-state index in [0.717, 1.165) is 18.2 Å². The van der Waals surface area contributed by atoms with Crippen molar-refractivity contribution in [3.05, 3.63) is 36.7 Å². The maximum Gasteiger partial charge on any atom is 0.243 e. The monoisotopic (exact) mass is 308 g/mol. The Labute approximate surface area is 125 Å². The molecule has 0 aliphatic carbocycles. The summed E-state index contributed by atoms with van der Waals surface area (Å²) in [5.41, 5.74) is 0. The molecule has 0 fully saturated rings. The minimum atomic E-state index is -3.62. The van der Waals surface area contributed by atoms with Gasteiger partial charge in [-0.1, -0.05) is 25.5 Å². The summed E-state index contributed by atoms with van der Waals surface area (Å²) in [5, 5.41) is 10.6. The van der Waals surface area contributed by atoms with E-state index in [-0.39, 0.29) is 18.0 Å². The lowest BCUT2D eigenvalue weighted by molar-refractivity contribution is 0.252. The molecule has 1 aromatic carbocycles. The van der Waals surface area contributed by atoms with Crippen LogP contribution in [0.5, 0.6) is 0 Å². The summed E-state index contributed by atoms with van der Waals surface area (Å²) >= 11 is 0. The Balaban J connectivity index is 2.49. The molecule has 114 valence electrons. The molecule has 1 heterocycles. The van der Waals surface area contributed by atoms with Gasteiger partial charge in [-0.2, -0.15) is 4.31 Å². The van der Waals surface area contributed by atoms with E-state index >= 15 is 0 Å². The minimum Gasteiger partial charge on any atom is -0.395 e. The van der Waals surface area contributed by atoms with E-state index < -0.39 is 10.0 Å². The van der Waals surface area contributed by atoms with Crippen LogP contribution in [0.15, 0.2) is 41.6 Å². The molecule has 0 atom stereocenters. The van der Waals surface area contributed by atoms with E-state index in [9.17, 15) is 8.42 Å². The van der Waals surface area contributed by atoms with Gasteiger partial charge in [0.05, 0.1) is 11.5 Å². The number of aliphatic hydroxyl groups is 1. The van der Waals surface area contributed by atoms with Crippen LogP contribution in [0.25, 0.3) is 10.8 Å². The standard InChI is InChI=1S/C15H20N2O3S/c1-2-3-9-17(10-11-18)21(19,20)15-6-4-5-13-12-16-8-7-14(13)15/h4-8,12,18H,2-3,9-11H2,1H3. The Bertz CT molecular complexity index is 696. The lowest BCUT2D eigenvalue weighted by Gasteiger charge is -2.22. The van der Waals surface area contributed by atoms with E-state index in [4.69, 9.17) is 5.11 Å². The highest BCUT2D eigenvalue weighted by molar-refractivity contribution is 7.89. The van der Waals surface area contributed by atoms with Gasteiger partial charge < -0.3 is 5.11 Å². The number of benzene rings is 1. The highest BCUT2D eigenvalue weighted by Gasteiger charge is 2.25. The third kappa shape index (κ3) is 3.40. The van der Waals surface area contributed by atoms with Crippen LogP contribution in [-0.2, 0) is 10.0 Å². The average Bonchev–Trinajstić information content (AvgIpc) is 2.50. The zero-order chi connectivity index (χ0) is 15.3. The first-order chi connectivity index (χ1) is 10.1. The number of nitrogens with zero attached hydrogens (tertiary/aromatic N) is 2. The van der Waals surface area contributed by atoms with E-state index in [1.54, 1.807) is 30.6 Å². The van der Waals surface area contributed by atoms with Gasteiger partial charge in [0.2, 0.25) is 10.0 Å². The largest absolute Gasteiger partial charge is 0.395 e. The minimum absolute atomic E-state index is 0.115. The zero-order valence-corrected chi connectivity index (χ0v) is 12.9. The topological polar surface area (TPSA) is 70.5 Å². The molecule has 1 N–H and O–H groups in total. The van der Waals surface area contributed by atoms with E-state index in [0.29, 0.717) is 11.9 Å². The fraction of sp³-hybridized carbons (Fsp3) is 0.400. The third-order valence-electron chi connectivity index (χ3n) is 3.37. The quantitative estimate of drug-likeness (QED) is 0.849. The molecular weight excluding hydrogens is 288 g/mol. The Hall–Kier alpha value is -1.50. The lowest BCUT2D eigenvalue weighted by atomic mass is 10.2. The summed E-state index contributed by atoms with van der Waals surface area (Å²) in [4.78, 5) is 4.29. The molecule has 21 heavy (non-hydrogen) atoms. The van der Waals surface area contributed by atoms with Gasteiger partial charge in [0.15, 0.2) is 0 Å². The van der Waals surface area contributed by atoms with Crippen molar-refractivity contribution in [2.45, 2.75) is 24.7 Å². The first-order valence-electron chi connectivity index (χ1n) is 7.05. The number of unbranched alkanes of at least 4 members (excludes halogenated alkanes) is 1. The molecule has 2 aromatic rings. The number of aliphatic hydroxyl groups excluding tert-OH is 1. The number of aromatic nitrogens is 1. The fourth-order valence-electron chi connectivity index (χ4n) is 2.26. The molecule has 0 bridgehead atoms. The van der Waals surface area contributed by atoms with Crippen molar-refractivity contribution in [2.75, 3.05) is 19.7 Å². The Morgan fingerprint density at radius 2 is 2.05 bits per heavy atom. The Morgan fingerprint density at radius 1 is 1.24 bits per heavy atom. The average molecular weight is 308 g/mol. The Morgan fingerprint density at radius 3 is 2.76 bits per heavy atom. The summed E-state index contributed by atoms with van der Waals surface area (Å²) in [7, 11) is -3.62. The summed E-state index contributed by atoms with van der Waals surface area (Å²) < 4.78 is 27.0. The van der Waals surface area contributed by atoms with Crippen molar-refractivity contribution in [3.8, 4) is 0 Å². The van der Waals surface area contributed by atoms with Crippen molar-refractivity contribution in [1.82, 2.24) is 9.29 Å². The predicted octanol–water partition coefficient (Wildman–Crippen LogP) is 2.02. The lowest BCUT2D eigenvalue weighted by Crippen LogP contribution is -2.34. The molecule has 0 amide bonds. The third-order valence-corrected chi connectivity index (χ3v) is 5.33. The molecule has 0 radical (unpaired) electrons. The summed E-state index contributed by atoms with van der Waals surface area (Å²) in [6.45, 7) is 2.35. The summed E-state index contributed by atoms with van der Waals surface area (Å²) in [6, 6.07) is 6.87. The number of hydrogen-bond donors (Lipinski definition) is 1. The van der Waals surface area contributed by atoms with Gasteiger partial charge in [-0.15, -0.1) is 0 Å². The second-order valence-corrected chi connectivity index (χ2v) is 6.74. The maximum atomic E-state index is 12.8. The molecular formula is C15H20N2O3S. The van der Waals surface area contributed by atoms with Gasteiger partial charge in [-0.3, -0.25) is 4.98 Å². The predicted molar refractivity (Wildman–Crippen MR) is 82.5 cm³/mol. The maximum absolute atomic E-state index is 12.8. The van der Waals surface area contributed by atoms with Gasteiger partial charge in [0.1, 0.15) is 0 Å². The van der Waals surface area contributed by atoms with E-state index in [1.165, 1.54) is 4.31 Å². The van der Waals surface area contributed by atoms with Gasteiger partial charge in [-0.05, 0) is 18.6 Å². The molecule has 6 heteroatoms. The van der Waals surface area contributed by atoms with Crippen LogP contribution in [0.4, 0.5) is 0 Å². The SMILES string of the molecule is CCCCN(CCO)S(=O)(=O)c1cccc2cnccc12. The fourth-order valence-corrected chi connectivity index (χ4v) is 3.94. The smallest absolute Gasteiger partial charge is 0.243 e. The van der Waals surface area contributed by atoms with Crippen molar-refractivity contribution < 1.29 is 13.5 Å². The van der Waals surface area contributed by atoms with Crippen LogP contribution in [0.1, 0.15) is 19.8 Å². The van der Waals surface area contributed by atoms with Crippen molar-refractivity contribution >= 4 is 20.8 Å². The highest BCUT2D eigenvalue weighted by Crippen LogP contribution is 2.25. The van der Waals surface area contributed by atoms with Crippen LogP contribution >= 0.6 is 0 Å². The van der Waals surface area contributed by atoms with Gasteiger partial charge >= 0.3 is 0 Å². The van der Waals surface area contributed by atoms with Crippen molar-refractivity contribution in [3.63, 3.8) is 0 Å². The summed E-state index contributed by atoms with van der Waals surface area (Å²) in [5.74, 6) is 0. The van der Waals surface area contributed by atoms with Gasteiger partial charge in [0, 0.05) is 36.3 Å². The molecule has 5 nitrogen and oxygen atoms in total. The van der Waals surface area contributed by atoms with Gasteiger partial charge in [-0.25, -0.2) is 8.42 Å². The van der Waals surface area contributed by atoms with Crippen LogP contribution in [0, 0.1) is 0 Å².